The van der Waals surface area contributed by atoms with Gasteiger partial charge < -0.3 is 4.74 Å². The predicted molar refractivity (Wildman–Crippen MR) is 123 cm³/mol. The van der Waals surface area contributed by atoms with Gasteiger partial charge in [0.1, 0.15) is 11.4 Å². The highest BCUT2D eigenvalue weighted by Gasteiger charge is 2.34. The van der Waals surface area contributed by atoms with E-state index in [2.05, 4.69) is 4.99 Å². The number of aryl methyl sites for hydroxylation is 1. The number of rotatable bonds is 4. The highest BCUT2D eigenvalue weighted by Crippen LogP contribution is 2.32. The summed E-state index contributed by atoms with van der Waals surface area (Å²) in [5.74, 6) is 0.888. The van der Waals surface area contributed by atoms with Gasteiger partial charge in [-0.3, -0.25) is 9.69 Å². The van der Waals surface area contributed by atoms with Gasteiger partial charge in [-0.2, -0.15) is 0 Å². The first kappa shape index (κ1) is 20.2. The molecule has 4 rings (SSSR count). The zero-order chi connectivity index (χ0) is 21.3. The molecule has 1 aliphatic heterocycles. The van der Waals surface area contributed by atoms with Gasteiger partial charge in [-0.05, 0) is 60.5 Å². The van der Waals surface area contributed by atoms with Crippen LogP contribution in [0.1, 0.15) is 16.7 Å². The topological polar surface area (TPSA) is 41.9 Å². The fourth-order valence-corrected chi connectivity index (χ4v) is 3.76. The van der Waals surface area contributed by atoms with E-state index >= 15 is 0 Å². The van der Waals surface area contributed by atoms with Crippen molar-refractivity contribution in [1.82, 2.24) is 0 Å². The van der Waals surface area contributed by atoms with Crippen molar-refractivity contribution in [3.63, 3.8) is 0 Å². The van der Waals surface area contributed by atoms with E-state index in [1.807, 2.05) is 55.5 Å². The number of carbonyl (C=O) groups is 1. The Balaban J connectivity index is 1.88. The summed E-state index contributed by atoms with van der Waals surface area (Å²) in [6.45, 7) is 1.98. The van der Waals surface area contributed by atoms with Crippen molar-refractivity contribution in [3.05, 3.63) is 99.2 Å². The monoisotopic (exact) mass is 436 g/mol. The normalized spacial score (nSPS) is 14.9. The molecule has 0 spiro atoms. The van der Waals surface area contributed by atoms with Crippen LogP contribution in [-0.2, 0) is 4.79 Å². The van der Waals surface area contributed by atoms with Crippen molar-refractivity contribution in [2.45, 2.75) is 6.92 Å². The van der Waals surface area contributed by atoms with E-state index in [0.717, 1.165) is 16.8 Å². The van der Waals surface area contributed by atoms with Crippen LogP contribution in [0.2, 0.25) is 10.0 Å². The molecule has 0 saturated heterocycles. The summed E-state index contributed by atoms with van der Waals surface area (Å²) in [6, 6.07) is 20.3. The van der Waals surface area contributed by atoms with Gasteiger partial charge >= 0.3 is 0 Å². The van der Waals surface area contributed by atoms with Crippen molar-refractivity contribution >= 4 is 46.7 Å². The van der Waals surface area contributed by atoms with E-state index in [0.29, 0.717) is 27.2 Å². The van der Waals surface area contributed by atoms with Gasteiger partial charge in [0.2, 0.25) is 0 Å². The maximum Gasteiger partial charge on any atom is 0.282 e. The molecule has 6 heteroatoms. The molecule has 0 aromatic heterocycles. The molecule has 0 aliphatic carbocycles. The zero-order valence-electron chi connectivity index (χ0n) is 16.4. The van der Waals surface area contributed by atoms with Gasteiger partial charge in [0.25, 0.3) is 5.91 Å². The number of hydrogen-bond acceptors (Lipinski definition) is 3. The van der Waals surface area contributed by atoms with E-state index in [4.69, 9.17) is 27.9 Å². The highest BCUT2D eigenvalue weighted by atomic mass is 35.5. The molecular formula is C24H18Cl2N2O2. The Morgan fingerprint density at radius 1 is 1.00 bits per heavy atom. The smallest absolute Gasteiger partial charge is 0.282 e. The first-order chi connectivity index (χ1) is 14.5. The van der Waals surface area contributed by atoms with Gasteiger partial charge in [0, 0.05) is 10.0 Å². The van der Waals surface area contributed by atoms with Crippen LogP contribution in [0, 0.1) is 6.92 Å². The fourth-order valence-electron chi connectivity index (χ4n) is 3.30. The summed E-state index contributed by atoms with van der Waals surface area (Å²) >= 11 is 12.3. The van der Waals surface area contributed by atoms with Gasteiger partial charge in [0.15, 0.2) is 5.84 Å². The Morgan fingerprint density at radius 3 is 2.53 bits per heavy atom. The number of hydrogen-bond donors (Lipinski definition) is 0. The average Bonchev–Trinajstić information content (AvgIpc) is 3.06. The second-order valence-corrected chi connectivity index (χ2v) is 7.65. The lowest BCUT2D eigenvalue weighted by molar-refractivity contribution is -0.113. The summed E-state index contributed by atoms with van der Waals surface area (Å²) in [5, 5.41) is 0.977. The van der Waals surface area contributed by atoms with E-state index in [1.54, 1.807) is 36.3 Å². The van der Waals surface area contributed by atoms with Crippen LogP contribution in [0.3, 0.4) is 0 Å². The molecule has 4 nitrogen and oxygen atoms in total. The Hall–Kier alpha value is -3.08. The Kier molecular flexibility index (Phi) is 5.62. The number of ether oxygens (including phenoxy) is 1. The molecule has 1 heterocycles. The first-order valence-corrected chi connectivity index (χ1v) is 10.0. The SMILES string of the molecule is COc1ccccc1C1=N/C(=C/c2ccc(Cl)cc2Cl)C(=O)N1c1cccc(C)c1. The summed E-state index contributed by atoms with van der Waals surface area (Å²) in [6.07, 6.45) is 1.67. The number of methoxy groups -OCH3 is 1. The van der Waals surface area contributed by atoms with Crippen molar-refractivity contribution < 1.29 is 9.53 Å². The molecule has 0 bridgehead atoms. The van der Waals surface area contributed by atoms with Crippen molar-refractivity contribution in [1.29, 1.82) is 0 Å². The Labute approximate surface area is 185 Å². The third-order valence-corrected chi connectivity index (χ3v) is 5.29. The Morgan fingerprint density at radius 2 is 1.80 bits per heavy atom. The van der Waals surface area contributed by atoms with Crippen LogP contribution < -0.4 is 9.64 Å². The maximum absolute atomic E-state index is 13.4. The molecule has 0 unspecified atom stereocenters. The highest BCUT2D eigenvalue weighted by molar-refractivity contribution is 6.36. The number of amides is 1. The van der Waals surface area contributed by atoms with Crippen LogP contribution in [0.15, 0.2) is 77.4 Å². The number of halogens is 2. The molecule has 3 aromatic rings. The molecule has 30 heavy (non-hydrogen) atoms. The minimum absolute atomic E-state index is 0.243. The van der Waals surface area contributed by atoms with Crippen LogP contribution in [0.25, 0.3) is 6.08 Å². The minimum Gasteiger partial charge on any atom is -0.496 e. The standard InChI is InChI=1S/C24H18Cl2N2O2/c1-15-6-5-7-18(12-15)28-23(19-8-3-4-9-22(19)30-2)27-21(24(28)29)13-16-10-11-17(25)14-20(16)26/h3-14H,1-2H3/b21-13+. The second kappa shape index (κ2) is 8.34. The first-order valence-electron chi connectivity index (χ1n) is 9.28. The predicted octanol–water partition coefficient (Wildman–Crippen LogP) is 6.14. The zero-order valence-corrected chi connectivity index (χ0v) is 17.9. The van der Waals surface area contributed by atoms with Crippen LogP contribution in [0.5, 0.6) is 5.75 Å². The second-order valence-electron chi connectivity index (χ2n) is 6.81. The van der Waals surface area contributed by atoms with Crippen LogP contribution >= 0.6 is 23.2 Å². The summed E-state index contributed by atoms with van der Waals surface area (Å²) < 4.78 is 5.51. The van der Waals surface area contributed by atoms with Gasteiger partial charge in [0.05, 0.1) is 18.4 Å². The lowest BCUT2D eigenvalue weighted by Gasteiger charge is -2.20. The molecule has 1 amide bonds. The van der Waals surface area contributed by atoms with E-state index in [1.165, 1.54) is 0 Å². The Bertz CT molecular complexity index is 1200. The molecule has 0 fully saturated rings. The van der Waals surface area contributed by atoms with Crippen molar-refractivity contribution in [2.75, 3.05) is 12.0 Å². The largest absolute Gasteiger partial charge is 0.496 e. The van der Waals surface area contributed by atoms with Gasteiger partial charge in [-0.15, -0.1) is 0 Å². The average molecular weight is 437 g/mol. The number of para-hydroxylation sites is 1. The number of anilines is 1. The lowest BCUT2D eigenvalue weighted by Crippen LogP contribution is -2.32. The summed E-state index contributed by atoms with van der Waals surface area (Å²) in [4.78, 5) is 19.7. The van der Waals surface area contributed by atoms with E-state index < -0.39 is 0 Å². The van der Waals surface area contributed by atoms with E-state index in [-0.39, 0.29) is 11.6 Å². The summed E-state index contributed by atoms with van der Waals surface area (Å²) in [5.41, 5.74) is 3.44. The maximum atomic E-state index is 13.4. The van der Waals surface area contributed by atoms with Gasteiger partial charge in [-0.25, -0.2) is 4.99 Å². The molecule has 0 atom stereocenters. The molecule has 0 radical (unpaired) electrons. The van der Waals surface area contributed by atoms with Crippen LogP contribution in [0.4, 0.5) is 5.69 Å². The van der Waals surface area contributed by atoms with E-state index in [9.17, 15) is 4.79 Å². The lowest BCUT2D eigenvalue weighted by atomic mass is 10.1. The molecule has 0 saturated carbocycles. The van der Waals surface area contributed by atoms with Crippen molar-refractivity contribution in [2.24, 2.45) is 4.99 Å². The third-order valence-electron chi connectivity index (χ3n) is 4.72. The van der Waals surface area contributed by atoms with Crippen LogP contribution in [-0.4, -0.2) is 18.9 Å². The number of aliphatic imine (C=N–C) groups is 1. The molecule has 0 N–H and O–H groups in total. The summed E-state index contributed by atoms with van der Waals surface area (Å²) in [7, 11) is 1.59. The number of amidine groups is 1. The molecule has 1 aliphatic rings. The van der Waals surface area contributed by atoms with Crippen molar-refractivity contribution in [3.8, 4) is 5.75 Å². The fraction of sp³-hybridized carbons (Fsp3) is 0.0833. The minimum atomic E-state index is -0.243. The molecule has 3 aromatic carbocycles. The molecular weight excluding hydrogens is 419 g/mol. The number of benzene rings is 3. The molecule has 150 valence electrons. The quantitative estimate of drug-likeness (QED) is 0.460. The third kappa shape index (κ3) is 3.84. The number of carbonyl (C=O) groups excluding carboxylic acids is 1. The number of nitrogens with zero attached hydrogens (tertiary/aromatic N) is 2. The van der Waals surface area contributed by atoms with Gasteiger partial charge in [-0.1, -0.05) is 53.5 Å².